The van der Waals surface area contributed by atoms with Gasteiger partial charge in [-0.25, -0.2) is 4.79 Å². The third kappa shape index (κ3) is 28.4. The molecule has 0 saturated heterocycles. The Labute approximate surface area is 268 Å². The van der Waals surface area contributed by atoms with E-state index in [-0.39, 0.29) is 63.0 Å². The molecule has 0 heterocycles. The lowest BCUT2D eigenvalue weighted by Gasteiger charge is -2.25. The van der Waals surface area contributed by atoms with Crippen molar-refractivity contribution in [1.82, 2.24) is 16.0 Å². The van der Waals surface area contributed by atoms with Gasteiger partial charge in [0.05, 0.1) is 46.2 Å². The number of esters is 2. The second-order valence-corrected chi connectivity index (χ2v) is 13.5. The Morgan fingerprint density at radius 3 is 1.64 bits per heavy atom. The molecule has 1 atom stereocenters. The summed E-state index contributed by atoms with van der Waals surface area (Å²) in [7, 11) is 0. The average Bonchev–Trinajstić information content (AvgIpc) is 2.86. The standard InChI is InChI=1S/C31H57N3O11/c1-29(2,3)22-43-19-17-41-15-13-33-26(37)21-42-18-16-40-14-12-32-24(35)11-10-23(28(39)45-31(7,8)9)34-25(36)20-27(38)44-30(4,5)6/h23H,10-22H2,1-9H3,(H,32,35)(H,33,37)(H,34,36)/t23-/m0/s1. The lowest BCUT2D eigenvalue weighted by atomic mass is 9.99. The number of nitrogens with one attached hydrogen (secondary N) is 3. The van der Waals surface area contributed by atoms with E-state index in [0.29, 0.717) is 33.0 Å². The zero-order valence-electron chi connectivity index (χ0n) is 28.8. The Morgan fingerprint density at radius 2 is 1.11 bits per heavy atom. The van der Waals surface area contributed by atoms with Gasteiger partial charge in [0.1, 0.15) is 30.3 Å². The Hall–Kier alpha value is -2.81. The highest BCUT2D eigenvalue weighted by molar-refractivity contribution is 5.96. The predicted molar refractivity (Wildman–Crippen MR) is 166 cm³/mol. The van der Waals surface area contributed by atoms with Crippen molar-refractivity contribution in [3.8, 4) is 0 Å². The van der Waals surface area contributed by atoms with Crippen LogP contribution in [-0.4, -0.2) is 113 Å². The molecule has 14 heteroatoms. The van der Waals surface area contributed by atoms with Gasteiger partial charge in [-0.15, -0.1) is 0 Å². The van der Waals surface area contributed by atoms with E-state index in [2.05, 4.69) is 36.7 Å². The normalized spacial score (nSPS) is 12.6. The summed E-state index contributed by atoms with van der Waals surface area (Å²) < 4.78 is 32.1. The molecule has 14 nitrogen and oxygen atoms in total. The summed E-state index contributed by atoms with van der Waals surface area (Å²) in [5, 5.41) is 7.83. The van der Waals surface area contributed by atoms with E-state index in [0.717, 1.165) is 0 Å². The molecule has 0 unspecified atom stereocenters. The highest BCUT2D eigenvalue weighted by Gasteiger charge is 2.28. The number of hydrogen-bond acceptors (Lipinski definition) is 11. The van der Waals surface area contributed by atoms with Gasteiger partial charge in [0.2, 0.25) is 17.7 Å². The molecule has 0 fully saturated rings. The summed E-state index contributed by atoms with van der Waals surface area (Å²) in [6, 6.07) is -1.12. The molecule has 0 aliphatic rings. The van der Waals surface area contributed by atoms with E-state index < -0.39 is 41.5 Å². The molecule has 0 aromatic heterocycles. The zero-order valence-corrected chi connectivity index (χ0v) is 28.8. The first-order valence-corrected chi connectivity index (χ1v) is 15.4. The van der Waals surface area contributed by atoms with Crippen LogP contribution in [0.1, 0.15) is 81.6 Å². The van der Waals surface area contributed by atoms with Crippen molar-refractivity contribution in [2.75, 3.05) is 65.9 Å². The van der Waals surface area contributed by atoms with Gasteiger partial charge < -0.3 is 44.4 Å². The van der Waals surface area contributed by atoms with Crippen LogP contribution >= 0.6 is 0 Å². The van der Waals surface area contributed by atoms with Crippen LogP contribution in [0.2, 0.25) is 0 Å². The Bertz CT molecular complexity index is 906. The summed E-state index contributed by atoms with van der Waals surface area (Å²) in [6.45, 7) is 19.5. The summed E-state index contributed by atoms with van der Waals surface area (Å²) in [5.74, 6) is -2.78. The van der Waals surface area contributed by atoms with Crippen LogP contribution in [0, 0.1) is 5.41 Å². The molecular formula is C31H57N3O11. The van der Waals surface area contributed by atoms with Crippen LogP contribution in [-0.2, 0) is 52.4 Å². The minimum Gasteiger partial charge on any atom is -0.460 e. The van der Waals surface area contributed by atoms with E-state index in [1.165, 1.54) is 0 Å². The lowest BCUT2D eigenvalue weighted by Crippen LogP contribution is -2.45. The van der Waals surface area contributed by atoms with Crippen molar-refractivity contribution in [3.63, 3.8) is 0 Å². The van der Waals surface area contributed by atoms with E-state index >= 15 is 0 Å². The Kier molecular flexibility index (Phi) is 20.5. The Balaban J connectivity index is 4.14. The minimum absolute atomic E-state index is 0.0322. The van der Waals surface area contributed by atoms with Crippen molar-refractivity contribution >= 4 is 29.7 Å². The topological polar surface area (TPSA) is 177 Å². The van der Waals surface area contributed by atoms with Crippen molar-refractivity contribution in [1.29, 1.82) is 0 Å². The second kappa shape index (κ2) is 21.8. The molecule has 0 radical (unpaired) electrons. The van der Waals surface area contributed by atoms with Crippen molar-refractivity contribution < 1.29 is 52.4 Å². The van der Waals surface area contributed by atoms with Crippen molar-refractivity contribution in [2.45, 2.75) is 98.8 Å². The van der Waals surface area contributed by atoms with Gasteiger partial charge in [0, 0.05) is 19.5 Å². The number of amides is 3. The van der Waals surface area contributed by atoms with Gasteiger partial charge in [-0.05, 0) is 53.4 Å². The Morgan fingerprint density at radius 1 is 0.600 bits per heavy atom. The van der Waals surface area contributed by atoms with Crippen LogP contribution in [0.5, 0.6) is 0 Å². The van der Waals surface area contributed by atoms with Crippen LogP contribution in [0.4, 0.5) is 0 Å². The second-order valence-electron chi connectivity index (χ2n) is 13.5. The molecule has 3 N–H and O–H groups in total. The molecule has 0 rings (SSSR count). The van der Waals surface area contributed by atoms with Gasteiger partial charge in [-0.3, -0.25) is 19.2 Å². The minimum atomic E-state index is -1.12. The van der Waals surface area contributed by atoms with Gasteiger partial charge in [-0.1, -0.05) is 20.8 Å². The molecule has 262 valence electrons. The van der Waals surface area contributed by atoms with Crippen molar-refractivity contribution in [3.05, 3.63) is 0 Å². The van der Waals surface area contributed by atoms with Crippen LogP contribution in [0.15, 0.2) is 0 Å². The fourth-order valence-corrected chi connectivity index (χ4v) is 3.30. The highest BCUT2D eigenvalue weighted by atomic mass is 16.6. The molecule has 0 aromatic rings. The molecule has 0 spiro atoms. The summed E-state index contributed by atoms with van der Waals surface area (Å²) in [4.78, 5) is 61.1. The first-order chi connectivity index (χ1) is 20.8. The third-order valence-corrected chi connectivity index (χ3v) is 5.06. The van der Waals surface area contributed by atoms with Gasteiger partial charge >= 0.3 is 11.9 Å². The van der Waals surface area contributed by atoms with Crippen LogP contribution in [0.3, 0.4) is 0 Å². The molecule has 0 saturated carbocycles. The zero-order chi connectivity index (χ0) is 34.5. The van der Waals surface area contributed by atoms with E-state index in [1.807, 2.05) is 0 Å². The summed E-state index contributed by atoms with van der Waals surface area (Å²) in [6.07, 6.45) is -0.682. The van der Waals surface area contributed by atoms with E-state index in [9.17, 15) is 24.0 Å². The highest BCUT2D eigenvalue weighted by Crippen LogP contribution is 2.13. The maximum absolute atomic E-state index is 12.6. The number of hydrogen-bond donors (Lipinski definition) is 3. The van der Waals surface area contributed by atoms with Crippen molar-refractivity contribution in [2.24, 2.45) is 5.41 Å². The fraction of sp³-hybridized carbons (Fsp3) is 0.839. The average molecular weight is 648 g/mol. The van der Waals surface area contributed by atoms with E-state index in [4.69, 9.17) is 28.4 Å². The summed E-state index contributed by atoms with van der Waals surface area (Å²) in [5.41, 5.74) is -1.46. The first kappa shape index (κ1) is 42.2. The molecule has 0 aliphatic carbocycles. The maximum atomic E-state index is 12.6. The van der Waals surface area contributed by atoms with Gasteiger partial charge in [0.25, 0.3) is 0 Å². The van der Waals surface area contributed by atoms with E-state index in [1.54, 1.807) is 41.5 Å². The summed E-state index contributed by atoms with van der Waals surface area (Å²) >= 11 is 0. The monoisotopic (exact) mass is 647 g/mol. The predicted octanol–water partition coefficient (Wildman–Crippen LogP) is 1.67. The molecular weight excluding hydrogens is 590 g/mol. The molecule has 0 aliphatic heterocycles. The number of carbonyl (C=O) groups is 5. The number of rotatable bonds is 22. The van der Waals surface area contributed by atoms with Gasteiger partial charge in [0.15, 0.2) is 0 Å². The fourth-order valence-electron chi connectivity index (χ4n) is 3.30. The lowest BCUT2D eigenvalue weighted by molar-refractivity contribution is -0.161. The first-order valence-electron chi connectivity index (χ1n) is 15.4. The molecule has 0 bridgehead atoms. The van der Waals surface area contributed by atoms with Crippen LogP contribution in [0.25, 0.3) is 0 Å². The van der Waals surface area contributed by atoms with Crippen LogP contribution < -0.4 is 16.0 Å². The van der Waals surface area contributed by atoms with Gasteiger partial charge in [-0.2, -0.15) is 0 Å². The molecule has 45 heavy (non-hydrogen) atoms. The quantitative estimate of drug-likeness (QED) is 0.0885. The largest absolute Gasteiger partial charge is 0.460 e. The maximum Gasteiger partial charge on any atom is 0.329 e. The SMILES string of the molecule is CC(C)(C)COCCOCCNC(=O)COCCOCCNC(=O)CC[C@H](NC(=O)CC(=O)OC(C)(C)C)C(=O)OC(C)(C)C. The molecule has 3 amide bonds. The molecule has 0 aromatic carbocycles. The number of carbonyl (C=O) groups excluding carboxylic acids is 5. The third-order valence-electron chi connectivity index (χ3n) is 5.06. The smallest absolute Gasteiger partial charge is 0.329 e. The number of ether oxygens (including phenoxy) is 6.